The fourth-order valence-electron chi connectivity index (χ4n) is 1.48. The van der Waals surface area contributed by atoms with Crippen molar-refractivity contribution in [3.63, 3.8) is 0 Å². The molecule has 1 aliphatic heterocycles. The Balaban J connectivity index is 2.27. The molecule has 2 rings (SSSR count). The quantitative estimate of drug-likeness (QED) is 0.678. The molecule has 2 nitrogen and oxygen atoms in total. The summed E-state index contributed by atoms with van der Waals surface area (Å²) in [7, 11) is 1.99. The minimum absolute atomic E-state index is 0.828. The summed E-state index contributed by atoms with van der Waals surface area (Å²) in [6.07, 6.45) is 7.43. The number of fused-ring (bicyclic) bond motifs is 1. The fraction of sp³-hybridized carbons (Fsp3) is 0.0769. The van der Waals surface area contributed by atoms with E-state index in [1.54, 1.807) is 6.08 Å². The molecular formula is C13H13NO. The molecule has 0 atom stereocenters. The van der Waals surface area contributed by atoms with Crippen molar-refractivity contribution in [2.45, 2.75) is 0 Å². The third kappa shape index (κ3) is 1.79. The molecule has 0 aromatic heterocycles. The van der Waals surface area contributed by atoms with Gasteiger partial charge in [-0.1, -0.05) is 36.9 Å². The molecule has 0 radical (unpaired) electrons. The topological polar surface area (TPSA) is 12.5 Å². The second-order valence-electron chi connectivity index (χ2n) is 3.25. The molecular weight excluding hydrogens is 186 g/mol. The highest BCUT2D eigenvalue weighted by atomic mass is 16.5. The van der Waals surface area contributed by atoms with Gasteiger partial charge in [0.05, 0.1) is 5.69 Å². The number of benzene rings is 1. The predicted molar refractivity (Wildman–Crippen MR) is 62.9 cm³/mol. The number of anilines is 1. The maximum absolute atomic E-state index is 5.67. The highest BCUT2D eigenvalue weighted by molar-refractivity contribution is 5.65. The van der Waals surface area contributed by atoms with Crippen LogP contribution in [0.25, 0.3) is 0 Å². The van der Waals surface area contributed by atoms with Crippen molar-refractivity contribution in [3.8, 4) is 5.75 Å². The Labute approximate surface area is 89.8 Å². The molecule has 76 valence electrons. The van der Waals surface area contributed by atoms with E-state index in [1.165, 1.54) is 0 Å². The Hall–Kier alpha value is -1.96. The Morgan fingerprint density at radius 2 is 2.07 bits per heavy atom. The first-order chi connectivity index (χ1) is 7.33. The van der Waals surface area contributed by atoms with Crippen LogP contribution in [0, 0.1) is 0 Å². The van der Waals surface area contributed by atoms with E-state index >= 15 is 0 Å². The van der Waals surface area contributed by atoms with Crippen molar-refractivity contribution < 1.29 is 4.74 Å². The molecule has 1 aliphatic rings. The van der Waals surface area contributed by atoms with Gasteiger partial charge in [0.2, 0.25) is 0 Å². The monoisotopic (exact) mass is 199 g/mol. The molecule has 0 aliphatic carbocycles. The Morgan fingerprint density at radius 1 is 1.27 bits per heavy atom. The van der Waals surface area contributed by atoms with E-state index in [9.17, 15) is 0 Å². The summed E-state index contributed by atoms with van der Waals surface area (Å²) in [6.45, 7) is 3.61. The number of allylic oxidation sites excluding steroid dienone is 4. The predicted octanol–water partition coefficient (Wildman–Crippen LogP) is 3.10. The summed E-state index contributed by atoms with van der Waals surface area (Å²) in [6, 6.07) is 7.97. The number of hydrogen-bond acceptors (Lipinski definition) is 2. The summed E-state index contributed by atoms with van der Waals surface area (Å²) in [5.41, 5.74) is 1.09. The number of hydrogen-bond donors (Lipinski definition) is 0. The van der Waals surface area contributed by atoms with Crippen LogP contribution in [0.1, 0.15) is 0 Å². The lowest BCUT2D eigenvalue weighted by molar-refractivity contribution is 0.444. The second kappa shape index (κ2) is 4.05. The molecule has 1 aromatic rings. The van der Waals surface area contributed by atoms with Crippen molar-refractivity contribution in [2.24, 2.45) is 0 Å². The molecule has 0 fully saturated rings. The van der Waals surface area contributed by atoms with Crippen LogP contribution in [0.2, 0.25) is 0 Å². The molecule has 0 saturated heterocycles. The smallest absolute Gasteiger partial charge is 0.200 e. The highest BCUT2D eigenvalue weighted by Crippen LogP contribution is 2.37. The summed E-state index contributed by atoms with van der Waals surface area (Å²) in [4.78, 5) is 2.02. The maximum Gasteiger partial charge on any atom is 0.200 e. The van der Waals surface area contributed by atoms with E-state index in [2.05, 4.69) is 6.58 Å². The molecule has 2 heteroatoms. The molecule has 1 heterocycles. The van der Waals surface area contributed by atoms with Gasteiger partial charge in [-0.15, -0.1) is 0 Å². The lowest BCUT2D eigenvalue weighted by Gasteiger charge is -2.09. The maximum atomic E-state index is 5.67. The molecule has 0 spiro atoms. The molecule has 0 amide bonds. The molecule has 15 heavy (non-hydrogen) atoms. The van der Waals surface area contributed by atoms with Gasteiger partial charge in [-0.05, 0) is 18.2 Å². The first-order valence-electron chi connectivity index (χ1n) is 4.83. The Morgan fingerprint density at radius 3 is 2.80 bits per heavy atom. The lowest BCUT2D eigenvalue weighted by atomic mass is 10.3. The zero-order valence-corrected chi connectivity index (χ0v) is 8.68. The van der Waals surface area contributed by atoms with Gasteiger partial charge < -0.3 is 9.64 Å². The summed E-state index contributed by atoms with van der Waals surface area (Å²) in [5.74, 6) is 1.73. The fourth-order valence-corrected chi connectivity index (χ4v) is 1.48. The first-order valence-corrected chi connectivity index (χ1v) is 4.83. The van der Waals surface area contributed by atoms with E-state index in [0.29, 0.717) is 0 Å². The number of rotatable bonds is 2. The second-order valence-corrected chi connectivity index (χ2v) is 3.25. The normalized spacial score (nSPS) is 16.9. The third-order valence-electron chi connectivity index (χ3n) is 2.26. The number of nitrogens with zero attached hydrogens (tertiary/aromatic N) is 1. The molecule has 0 saturated carbocycles. The number of ether oxygens (including phenoxy) is 1. The molecule has 0 unspecified atom stereocenters. The standard InChI is InChI=1S/C13H13NO/c1-3-4-5-10-13-14(2)11-8-6-7-9-12(11)15-13/h3-10H,1H2,2H3. The van der Waals surface area contributed by atoms with Crippen LogP contribution in [0.5, 0.6) is 5.75 Å². The first kappa shape index (κ1) is 9.59. The van der Waals surface area contributed by atoms with Crippen LogP contribution < -0.4 is 9.64 Å². The third-order valence-corrected chi connectivity index (χ3v) is 2.26. The van der Waals surface area contributed by atoms with Crippen molar-refractivity contribution in [2.75, 3.05) is 11.9 Å². The highest BCUT2D eigenvalue weighted by Gasteiger charge is 2.21. The van der Waals surface area contributed by atoms with Crippen LogP contribution in [-0.4, -0.2) is 7.05 Å². The minimum atomic E-state index is 0.828. The minimum Gasteiger partial charge on any atom is -0.439 e. The van der Waals surface area contributed by atoms with E-state index in [0.717, 1.165) is 17.3 Å². The van der Waals surface area contributed by atoms with Gasteiger partial charge in [0, 0.05) is 7.05 Å². The van der Waals surface area contributed by atoms with Gasteiger partial charge >= 0.3 is 0 Å². The molecule has 0 N–H and O–H groups in total. The van der Waals surface area contributed by atoms with Gasteiger partial charge in [-0.2, -0.15) is 0 Å². The van der Waals surface area contributed by atoms with Gasteiger partial charge in [0.25, 0.3) is 0 Å². The van der Waals surface area contributed by atoms with E-state index in [1.807, 2.05) is 54.4 Å². The summed E-state index contributed by atoms with van der Waals surface area (Å²) < 4.78 is 5.67. The van der Waals surface area contributed by atoms with Gasteiger partial charge in [-0.3, -0.25) is 0 Å². The lowest BCUT2D eigenvalue weighted by Crippen LogP contribution is -2.12. The largest absolute Gasteiger partial charge is 0.439 e. The van der Waals surface area contributed by atoms with Crippen LogP contribution in [0.15, 0.2) is 61.0 Å². The van der Waals surface area contributed by atoms with Crippen molar-refractivity contribution in [1.82, 2.24) is 0 Å². The van der Waals surface area contributed by atoms with E-state index in [-0.39, 0.29) is 0 Å². The van der Waals surface area contributed by atoms with Crippen molar-refractivity contribution >= 4 is 5.69 Å². The van der Waals surface area contributed by atoms with Crippen LogP contribution in [0.4, 0.5) is 5.69 Å². The zero-order chi connectivity index (χ0) is 10.7. The SMILES string of the molecule is C=CC=CC=C1Oc2ccccc2N1C. The average molecular weight is 199 g/mol. The van der Waals surface area contributed by atoms with Gasteiger partial charge in [-0.25, -0.2) is 0 Å². The van der Waals surface area contributed by atoms with Gasteiger partial charge in [0.1, 0.15) is 0 Å². The van der Waals surface area contributed by atoms with Crippen LogP contribution >= 0.6 is 0 Å². The van der Waals surface area contributed by atoms with E-state index in [4.69, 9.17) is 4.74 Å². The summed E-state index contributed by atoms with van der Waals surface area (Å²) in [5, 5.41) is 0. The average Bonchev–Trinajstić information content (AvgIpc) is 2.57. The Bertz CT molecular complexity index is 432. The van der Waals surface area contributed by atoms with Crippen molar-refractivity contribution in [3.05, 3.63) is 61.0 Å². The van der Waals surface area contributed by atoms with Gasteiger partial charge in [0.15, 0.2) is 11.6 Å². The summed E-state index contributed by atoms with van der Waals surface area (Å²) >= 11 is 0. The van der Waals surface area contributed by atoms with Crippen LogP contribution in [-0.2, 0) is 0 Å². The van der Waals surface area contributed by atoms with Crippen molar-refractivity contribution in [1.29, 1.82) is 0 Å². The Kier molecular flexibility index (Phi) is 2.59. The number of para-hydroxylation sites is 2. The molecule has 1 aromatic carbocycles. The van der Waals surface area contributed by atoms with Crippen LogP contribution in [0.3, 0.4) is 0 Å². The molecule has 0 bridgehead atoms. The van der Waals surface area contributed by atoms with E-state index < -0.39 is 0 Å². The zero-order valence-electron chi connectivity index (χ0n) is 8.68.